The monoisotopic (exact) mass is 258 g/mol. The highest BCUT2D eigenvalue weighted by atomic mass is 16.6. The Morgan fingerprint density at radius 3 is 2.79 bits per heavy atom. The van der Waals surface area contributed by atoms with Gasteiger partial charge in [-0.2, -0.15) is 0 Å². The van der Waals surface area contributed by atoms with Crippen molar-refractivity contribution in [3.63, 3.8) is 0 Å². The Balaban J connectivity index is 2.02. The SMILES string of the molecule is Cc1cnc(NCCc2ccncc2)c([N+](=O)[O-])c1. The lowest BCUT2D eigenvalue weighted by atomic mass is 10.2. The number of pyridine rings is 2. The zero-order valence-electron chi connectivity index (χ0n) is 10.5. The van der Waals surface area contributed by atoms with Crippen molar-refractivity contribution in [1.82, 2.24) is 9.97 Å². The van der Waals surface area contributed by atoms with Crippen molar-refractivity contribution in [2.75, 3.05) is 11.9 Å². The smallest absolute Gasteiger partial charge is 0.311 e. The maximum Gasteiger partial charge on any atom is 0.311 e. The molecular weight excluding hydrogens is 244 g/mol. The topological polar surface area (TPSA) is 81.0 Å². The van der Waals surface area contributed by atoms with Gasteiger partial charge in [-0.25, -0.2) is 4.98 Å². The number of nitrogens with one attached hydrogen (secondary N) is 1. The third-order valence-corrected chi connectivity index (χ3v) is 2.66. The van der Waals surface area contributed by atoms with Crippen molar-refractivity contribution in [3.05, 3.63) is 58.0 Å². The van der Waals surface area contributed by atoms with Gasteiger partial charge >= 0.3 is 5.69 Å². The second-order valence-corrected chi connectivity index (χ2v) is 4.17. The first kappa shape index (κ1) is 12.9. The van der Waals surface area contributed by atoms with Crippen molar-refractivity contribution in [3.8, 4) is 0 Å². The van der Waals surface area contributed by atoms with E-state index in [2.05, 4.69) is 15.3 Å². The number of hydrogen-bond acceptors (Lipinski definition) is 5. The van der Waals surface area contributed by atoms with E-state index in [4.69, 9.17) is 0 Å². The minimum Gasteiger partial charge on any atom is -0.364 e. The van der Waals surface area contributed by atoms with E-state index < -0.39 is 4.92 Å². The maximum atomic E-state index is 10.9. The van der Waals surface area contributed by atoms with E-state index >= 15 is 0 Å². The Labute approximate surface area is 110 Å². The van der Waals surface area contributed by atoms with E-state index in [1.807, 2.05) is 12.1 Å². The van der Waals surface area contributed by atoms with Crippen LogP contribution in [0, 0.1) is 17.0 Å². The Kier molecular flexibility index (Phi) is 4.02. The summed E-state index contributed by atoms with van der Waals surface area (Å²) in [6, 6.07) is 5.35. The van der Waals surface area contributed by atoms with Crippen LogP contribution in [0.4, 0.5) is 11.5 Å². The van der Waals surface area contributed by atoms with Crippen LogP contribution in [0.5, 0.6) is 0 Å². The van der Waals surface area contributed by atoms with Gasteiger partial charge < -0.3 is 5.32 Å². The van der Waals surface area contributed by atoms with Crippen LogP contribution in [-0.2, 0) is 6.42 Å². The van der Waals surface area contributed by atoms with Crippen molar-refractivity contribution >= 4 is 11.5 Å². The van der Waals surface area contributed by atoms with Crippen LogP contribution in [0.15, 0.2) is 36.8 Å². The fourth-order valence-electron chi connectivity index (χ4n) is 1.70. The number of nitrogens with zero attached hydrogens (tertiary/aromatic N) is 3. The average molecular weight is 258 g/mol. The molecule has 19 heavy (non-hydrogen) atoms. The molecule has 0 amide bonds. The molecular formula is C13H14N4O2. The van der Waals surface area contributed by atoms with Gasteiger partial charge in [0.1, 0.15) is 0 Å². The molecule has 0 aromatic carbocycles. The summed E-state index contributed by atoms with van der Waals surface area (Å²) in [6.07, 6.45) is 5.82. The van der Waals surface area contributed by atoms with Gasteiger partial charge in [-0.3, -0.25) is 15.1 Å². The molecule has 0 fully saturated rings. The first-order chi connectivity index (χ1) is 9.16. The molecule has 0 spiro atoms. The third-order valence-electron chi connectivity index (χ3n) is 2.66. The maximum absolute atomic E-state index is 10.9. The highest BCUT2D eigenvalue weighted by molar-refractivity contribution is 5.56. The standard InChI is InChI=1S/C13H14N4O2/c1-10-8-12(17(18)19)13(16-9-10)15-7-4-11-2-5-14-6-3-11/h2-3,5-6,8-9H,4,7H2,1H3,(H,15,16). The molecule has 2 heterocycles. The number of aromatic nitrogens is 2. The van der Waals surface area contributed by atoms with Gasteiger partial charge in [0, 0.05) is 31.2 Å². The van der Waals surface area contributed by atoms with E-state index in [0.29, 0.717) is 12.4 Å². The third kappa shape index (κ3) is 3.48. The molecule has 98 valence electrons. The fourth-order valence-corrected chi connectivity index (χ4v) is 1.70. The molecule has 0 atom stereocenters. The zero-order valence-corrected chi connectivity index (χ0v) is 10.5. The number of nitro groups is 1. The van der Waals surface area contributed by atoms with Crippen LogP contribution in [0.25, 0.3) is 0 Å². The van der Waals surface area contributed by atoms with Crippen molar-refractivity contribution in [2.45, 2.75) is 13.3 Å². The summed E-state index contributed by atoms with van der Waals surface area (Å²) in [5, 5.41) is 13.9. The quantitative estimate of drug-likeness (QED) is 0.657. The molecule has 2 aromatic rings. The minimum absolute atomic E-state index is 0.00901. The summed E-state index contributed by atoms with van der Waals surface area (Å²) in [7, 11) is 0. The molecule has 0 saturated carbocycles. The highest BCUT2D eigenvalue weighted by Gasteiger charge is 2.14. The molecule has 0 unspecified atom stereocenters. The van der Waals surface area contributed by atoms with Crippen LogP contribution in [0.2, 0.25) is 0 Å². The first-order valence-corrected chi connectivity index (χ1v) is 5.90. The van der Waals surface area contributed by atoms with Crippen LogP contribution in [0.1, 0.15) is 11.1 Å². The summed E-state index contributed by atoms with van der Waals surface area (Å²) >= 11 is 0. The van der Waals surface area contributed by atoms with E-state index in [-0.39, 0.29) is 5.69 Å². The van der Waals surface area contributed by atoms with E-state index in [1.54, 1.807) is 25.5 Å². The van der Waals surface area contributed by atoms with E-state index in [9.17, 15) is 10.1 Å². The summed E-state index contributed by atoms with van der Waals surface area (Å²) in [4.78, 5) is 18.5. The Bertz CT molecular complexity index is 572. The van der Waals surface area contributed by atoms with Crippen LogP contribution >= 0.6 is 0 Å². The van der Waals surface area contributed by atoms with E-state index in [1.165, 1.54) is 6.07 Å². The Morgan fingerprint density at radius 2 is 2.11 bits per heavy atom. The zero-order chi connectivity index (χ0) is 13.7. The summed E-state index contributed by atoms with van der Waals surface area (Å²) in [5.41, 5.74) is 1.90. The van der Waals surface area contributed by atoms with Gasteiger partial charge in [0.2, 0.25) is 5.82 Å². The van der Waals surface area contributed by atoms with Gasteiger partial charge in [-0.15, -0.1) is 0 Å². The number of aryl methyl sites for hydroxylation is 1. The van der Waals surface area contributed by atoms with Gasteiger partial charge in [-0.05, 0) is 36.6 Å². The van der Waals surface area contributed by atoms with Gasteiger partial charge in [0.15, 0.2) is 0 Å². The molecule has 0 aliphatic heterocycles. The predicted molar refractivity (Wildman–Crippen MR) is 72.1 cm³/mol. The van der Waals surface area contributed by atoms with E-state index in [0.717, 1.165) is 17.5 Å². The van der Waals surface area contributed by atoms with Crippen molar-refractivity contribution < 1.29 is 4.92 Å². The summed E-state index contributed by atoms with van der Waals surface area (Å²) < 4.78 is 0. The largest absolute Gasteiger partial charge is 0.364 e. The molecule has 0 aliphatic carbocycles. The van der Waals surface area contributed by atoms with Gasteiger partial charge in [0.05, 0.1) is 4.92 Å². The number of rotatable bonds is 5. The molecule has 6 nitrogen and oxygen atoms in total. The van der Waals surface area contributed by atoms with Crippen LogP contribution in [0.3, 0.4) is 0 Å². The first-order valence-electron chi connectivity index (χ1n) is 5.90. The summed E-state index contributed by atoms with van der Waals surface area (Å²) in [5.74, 6) is 0.310. The van der Waals surface area contributed by atoms with Crippen molar-refractivity contribution in [2.24, 2.45) is 0 Å². The predicted octanol–water partition coefficient (Wildman–Crippen LogP) is 2.35. The Hall–Kier alpha value is -2.50. The fraction of sp³-hybridized carbons (Fsp3) is 0.231. The Morgan fingerprint density at radius 1 is 1.37 bits per heavy atom. The lowest BCUT2D eigenvalue weighted by Gasteiger charge is -2.06. The molecule has 2 rings (SSSR count). The van der Waals surface area contributed by atoms with Gasteiger partial charge in [0.25, 0.3) is 0 Å². The highest BCUT2D eigenvalue weighted by Crippen LogP contribution is 2.22. The van der Waals surface area contributed by atoms with Gasteiger partial charge in [-0.1, -0.05) is 0 Å². The van der Waals surface area contributed by atoms with Crippen LogP contribution in [-0.4, -0.2) is 21.4 Å². The average Bonchev–Trinajstić information content (AvgIpc) is 2.41. The van der Waals surface area contributed by atoms with Crippen LogP contribution < -0.4 is 5.32 Å². The summed E-state index contributed by atoms with van der Waals surface area (Å²) in [6.45, 7) is 2.36. The number of hydrogen-bond donors (Lipinski definition) is 1. The molecule has 0 aliphatic rings. The molecule has 0 bridgehead atoms. The normalized spacial score (nSPS) is 10.2. The molecule has 6 heteroatoms. The number of anilines is 1. The molecule has 1 N–H and O–H groups in total. The molecule has 2 aromatic heterocycles. The van der Waals surface area contributed by atoms with Crippen molar-refractivity contribution in [1.29, 1.82) is 0 Å². The second kappa shape index (κ2) is 5.90. The second-order valence-electron chi connectivity index (χ2n) is 4.17. The lowest BCUT2D eigenvalue weighted by molar-refractivity contribution is -0.384. The minimum atomic E-state index is -0.422. The molecule has 0 radical (unpaired) electrons. The molecule has 0 saturated heterocycles. The lowest BCUT2D eigenvalue weighted by Crippen LogP contribution is -2.08.